The van der Waals surface area contributed by atoms with Crippen molar-refractivity contribution >= 4 is 0 Å². The summed E-state index contributed by atoms with van der Waals surface area (Å²) in [6.07, 6.45) is 4.15. The van der Waals surface area contributed by atoms with Crippen LogP contribution in [0.1, 0.15) is 25.7 Å². The molecule has 1 aliphatic rings. The first-order valence-electron chi connectivity index (χ1n) is 8.38. The molecule has 0 aliphatic carbocycles. The van der Waals surface area contributed by atoms with Gasteiger partial charge in [0.15, 0.2) is 0 Å². The standard InChI is InChI=1S/C18H28FNO3/c1-22-12-3-9-18(15-21)8-2-10-20(14-18)11-13-23-17-6-4-16(19)5-7-17/h4-7,21H,2-3,8-15H2,1H3. The highest BCUT2D eigenvalue weighted by atomic mass is 19.1. The van der Waals surface area contributed by atoms with Crippen LogP contribution in [0, 0.1) is 11.2 Å². The third-order valence-electron chi connectivity index (χ3n) is 4.62. The lowest BCUT2D eigenvalue weighted by Gasteiger charge is -2.42. The van der Waals surface area contributed by atoms with Crippen LogP contribution >= 0.6 is 0 Å². The zero-order valence-corrected chi connectivity index (χ0v) is 14.0. The van der Waals surface area contributed by atoms with Gasteiger partial charge in [-0.1, -0.05) is 0 Å². The monoisotopic (exact) mass is 325 g/mol. The molecule has 5 heteroatoms. The molecule has 1 unspecified atom stereocenters. The molecule has 130 valence electrons. The van der Waals surface area contributed by atoms with E-state index in [4.69, 9.17) is 9.47 Å². The van der Waals surface area contributed by atoms with E-state index in [9.17, 15) is 9.50 Å². The van der Waals surface area contributed by atoms with Gasteiger partial charge in [-0.15, -0.1) is 0 Å². The van der Waals surface area contributed by atoms with Crippen LogP contribution in [-0.2, 0) is 4.74 Å². The Labute approximate surface area is 138 Å². The molecule has 1 aromatic rings. The van der Waals surface area contributed by atoms with Gasteiger partial charge in [0.25, 0.3) is 0 Å². The summed E-state index contributed by atoms with van der Waals surface area (Å²) in [5, 5.41) is 9.85. The first kappa shape index (κ1) is 18.2. The summed E-state index contributed by atoms with van der Waals surface area (Å²) < 4.78 is 23.7. The smallest absolute Gasteiger partial charge is 0.123 e. The van der Waals surface area contributed by atoms with Crippen LogP contribution in [0.2, 0.25) is 0 Å². The number of halogens is 1. The van der Waals surface area contributed by atoms with Gasteiger partial charge >= 0.3 is 0 Å². The predicted molar refractivity (Wildman–Crippen MR) is 88.2 cm³/mol. The van der Waals surface area contributed by atoms with Gasteiger partial charge in [0.1, 0.15) is 18.2 Å². The number of benzene rings is 1. The molecular weight excluding hydrogens is 297 g/mol. The van der Waals surface area contributed by atoms with Crippen molar-refractivity contribution in [2.75, 3.05) is 46.6 Å². The van der Waals surface area contributed by atoms with Gasteiger partial charge in [-0.3, -0.25) is 4.90 Å². The van der Waals surface area contributed by atoms with E-state index in [1.165, 1.54) is 12.1 Å². The second kappa shape index (κ2) is 9.21. The molecule has 2 rings (SSSR count). The molecule has 1 N–H and O–H groups in total. The fourth-order valence-electron chi connectivity index (χ4n) is 3.33. The summed E-state index contributed by atoms with van der Waals surface area (Å²) in [6.45, 7) is 4.31. The molecule has 0 bridgehead atoms. The van der Waals surface area contributed by atoms with Crippen LogP contribution < -0.4 is 4.74 Å². The van der Waals surface area contributed by atoms with E-state index in [1.54, 1.807) is 19.2 Å². The molecule has 0 amide bonds. The zero-order valence-electron chi connectivity index (χ0n) is 14.0. The lowest BCUT2D eigenvalue weighted by Crippen LogP contribution is -2.46. The van der Waals surface area contributed by atoms with Crippen LogP contribution in [0.3, 0.4) is 0 Å². The number of nitrogens with zero attached hydrogens (tertiary/aromatic N) is 1. The summed E-state index contributed by atoms with van der Waals surface area (Å²) in [6, 6.07) is 6.11. The first-order chi connectivity index (χ1) is 11.2. The quantitative estimate of drug-likeness (QED) is 0.709. The Hall–Kier alpha value is -1.17. The van der Waals surface area contributed by atoms with Crippen molar-refractivity contribution in [2.45, 2.75) is 25.7 Å². The van der Waals surface area contributed by atoms with Crippen molar-refractivity contribution in [3.05, 3.63) is 30.1 Å². The molecule has 1 fully saturated rings. The molecule has 0 saturated carbocycles. The Bertz CT molecular complexity index is 454. The number of ether oxygens (including phenoxy) is 2. The van der Waals surface area contributed by atoms with Crippen molar-refractivity contribution in [3.8, 4) is 5.75 Å². The molecule has 23 heavy (non-hydrogen) atoms. The lowest BCUT2D eigenvalue weighted by molar-refractivity contribution is 0.0147. The molecule has 1 aliphatic heterocycles. The Morgan fingerprint density at radius 3 is 2.74 bits per heavy atom. The van der Waals surface area contributed by atoms with Gasteiger partial charge in [-0.05, 0) is 56.5 Å². The van der Waals surface area contributed by atoms with Crippen molar-refractivity contribution in [1.29, 1.82) is 0 Å². The Balaban J connectivity index is 1.77. The van der Waals surface area contributed by atoms with Crippen molar-refractivity contribution in [3.63, 3.8) is 0 Å². The third kappa shape index (κ3) is 5.75. The number of aliphatic hydroxyl groups excluding tert-OH is 1. The van der Waals surface area contributed by atoms with E-state index >= 15 is 0 Å². The third-order valence-corrected chi connectivity index (χ3v) is 4.62. The molecule has 0 spiro atoms. The Kier molecular flexibility index (Phi) is 7.27. The lowest BCUT2D eigenvalue weighted by atomic mass is 9.77. The van der Waals surface area contributed by atoms with E-state index < -0.39 is 0 Å². The van der Waals surface area contributed by atoms with Crippen molar-refractivity contribution in [1.82, 2.24) is 4.90 Å². The fourth-order valence-corrected chi connectivity index (χ4v) is 3.33. The summed E-state index contributed by atoms with van der Waals surface area (Å²) in [4.78, 5) is 2.36. The molecule has 1 aromatic carbocycles. The molecular formula is C18H28FNO3. The minimum atomic E-state index is -0.253. The highest BCUT2D eigenvalue weighted by Gasteiger charge is 2.34. The van der Waals surface area contributed by atoms with E-state index in [1.807, 2.05) is 0 Å². The SMILES string of the molecule is COCCCC1(CO)CCCN(CCOc2ccc(F)cc2)C1. The molecule has 0 aromatic heterocycles. The van der Waals surface area contributed by atoms with Gasteiger partial charge in [-0.2, -0.15) is 0 Å². The van der Waals surface area contributed by atoms with E-state index in [-0.39, 0.29) is 17.8 Å². The van der Waals surface area contributed by atoms with Crippen LogP contribution in [-0.4, -0.2) is 56.6 Å². The Morgan fingerprint density at radius 1 is 1.26 bits per heavy atom. The number of hydrogen-bond donors (Lipinski definition) is 1. The number of aliphatic hydroxyl groups is 1. The maximum Gasteiger partial charge on any atom is 0.123 e. The highest BCUT2D eigenvalue weighted by Crippen LogP contribution is 2.34. The largest absolute Gasteiger partial charge is 0.492 e. The number of methoxy groups -OCH3 is 1. The second-order valence-corrected chi connectivity index (χ2v) is 6.44. The molecule has 0 radical (unpaired) electrons. The van der Waals surface area contributed by atoms with Crippen LogP contribution in [0.25, 0.3) is 0 Å². The van der Waals surface area contributed by atoms with E-state index in [0.29, 0.717) is 12.4 Å². The van der Waals surface area contributed by atoms with Gasteiger partial charge in [0, 0.05) is 38.8 Å². The van der Waals surface area contributed by atoms with Gasteiger partial charge in [0.05, 0.1) is 0 Å². The number of rotatable bonds is 9. The first-order valence-corrected chi connectivity index (χ1v) is 8.38. The summed E-state index contributed by atoms with van der Waals surface area (Å²) in [5.74, 6) is 0.439. The Morgan fingerprint density at radius 2 is 2.04 bits per heavy atom. The van der Waals surface area contributed by atoms with Crippen molar-refractivity contribution < 1.29 is 19.0 Å². The van der Waals surface area contributed by atoms with Crippen LogP contribution in [0.15, 0.2) is 24.3 Å². The number of hydrogen-bond acceptors (Lipinski definition) is 4. The minimum Gasteiger partial charge on any atom is -0.492 e. The van der Waals surface area contributed by atoms with Crippen LogP contribution in [0.5, 0.6) is 5.75 Å². The average molecular weight is 325 g/mol. The zero-order chi connectivity index (χ0) is 16.5. The van der Waals surface area contributed by atoms with E-state index in [2.05, 4.69) is 4.90 Å². The summed E-state index contributed by atoms with van der Waals surface area (Å²) in [5.41, 5.74) is -0.00729. The summed E-state index contributed by atoms with van der Waals surface area (Å²) >= 11 is 0. The topological polar surface area (TPSA) is 41.9 Å². The molecule has 1 heterocycles. The van der Waals surface area contributed by atoms with Gasteiger partial charge in [-0.25, -0.2) is 4.39 Å². The van der Waals surface area contributed by atoms with Gasteiger partial charge in [0.2, 0.25) is 0 Å². The maximum atomic E-state index is 12.9. The number of piperidine rings is 1. The molecule has 1 saturated heterocycles. The predicted octanol–water partition coefficient (Wildman–Crippen LogP) is 2.71. The minimum absolute atomic E-state index is 0.00729. The fraction of sp³-hybridized carbons (Fsp3) is 0.667. The molecule has 4 nitrogen and oxygen atoms in total. The average Bonchev–Trinajstić information content (AvgIpc) is 2.57. The van der Waals surface area contributed by atoms with Gasteiger partial charge < -0.3 is 14.6 Å². The molecule has 1 atom stereocenters. The maximum absolute atomic E-state index is 12.9. The van der Waals surface area contributed by atoms with Crippen molar-refractivity contribution in [2.24, 2.45) is 5.41 Å². The van der Waals surface area contributed by atoms with E-state index in [0.717, 1.165) is 51.9 Å². The second-order valence-electron chi connectivity index (χ2n) is 6.44. The number of likely N-dealkylation sites (tertiary alicyclic amines) is 1. The van der Waals surface area contributed by atoms with Crippen LogP contribution in [0.4, 0.5) is 4.39 Å². The summed E-state index contributed by atoms with van der Waals surface area (Å²) in [7, 11) is 1.71. The normalized spacial score (nSPS) is 22.2. The highest BCUT2D eigenvalue weighted by molar-refractivity contribution is 5.21.